The molecule has 1 aromatic carbocycles. The summed E-state index contributed by atoms with van der Waals surface area (Å²) < 4.78 is 0. The lowest BCUT2D eigenvalue weighted by Gasteiger charge is -2.22. The molecule has 4 nitrogen and oxygen atoms in total. The van der Waals surface area contributed by atoms with Crippen LogP contribution in [-0.2, 0) is 11.2 Å². The molecular weight excluding hydrogens is 264 g/mol. The Balaban J connectivity index is 1.41. The van der Waals surface area contributed by atoms with E-state index in [1.807, 2.05) is 23.1 Å². The third kappa shape index (κ3) is 2.27. The third-order valence-electron chi connectivity index (χ3n) is 5.44. The summed E-state index contributed by atoms with van der Waals surface area (Å²) in [6, 6.07) is 8.19. The number of aliphatic hydroxyl groups is 1. The summed E-state index contributed by atoms with van der Waals surface area (Å²) in [4.78, 5) is 16.8. The fraction of sp³-hybridized carbons (Fsp3) is 0.588. The van der Waals surface area contributed by atoms with Crippen molar-refractivity contribution in [2.24, 2.45) is 11.8 Å². The van der Waals surface area contributed by atoms with Gasteiger partial charge in [0.15, 0.2) is 0 Å². The number of anilines is 1. The molecule has 1 saturated carbocycles. The molecule has 1 amide bonds. The molecular formula is C17H22N2O2. The monoisotopic (exact) mass is 286 g/mol. The first-order valence-electron chi connectivity index (χ1n) is 8.01. The molecule has 0 radical (unpaired) electrons. The molecule has 2 fully saturated rings. The normalized spacial score (nSPS) is 31.5. The molecule has 3 atom stereocenters. The number of nitrogens with zero attached hydrogens (tertiary/aromatic N) is 2. The average Bonchev–Trinajstić information content (AvgIpc) is 3.15. The van der Waals surface area contributed by atoms with Crippen molar-refractivity contribution in [1.82, 2.24) is 4.90 Å². The van der Waals surface area contributed by atoms with Gasteiger partial charge in [-0.3, -0.25) is 9.69 Å². The lowest BCUT2D eigenvalue weighted by atomic mass is 10.00. The predicted octanol–water partition coefficient (Wildman–Crippen LogP) is 1.28. The van der Waals surface area contributed by atoms with Gasteiger partial charge in [-0.1, -0.05) is 18.2 Å². The molecule has 1 aliphatic carbocycles. The summed E-state index contributed by atoms with van der Waals surface area (Å²) in [7, 11) is 0. The molecule has 0 spiro atoms. The van der Waals surface area contributed by atoms with Crippen molar-refractivity contribution in [3.8, 4) is 0 Å². The molecule has 112 valence electrons. The van der Waals surface area contributed by atoms with Crippen molar-refractivity contribution in [2.45, 2.75) is 25.4 Å². The van der Waals surface area contributed by atoms with Crippen LogP contribution in [0.3, 0.4) is 0 Å². The second-order valence-electron chi connectivity index (χ2n) is 6.69. The number of aliphatic hydroxyl groups excluding tert-OH is 1. The lowest BCUT2D eigenvalue weighted by molar-refractivity contribution is -0.119. The number of hydrogen-bond donors (Lipinski definition) is 1. The Kier molecular flexibility index (Phi) is 3.23. The number of amides is 1. The van der Waals surface area contributed by atoms with E-state index in [9.17, 15) is 9.90 Å². The van der Waals surface area contributed by atoms with E-state index >= 15 is 0 Å². The van der Waals surface area contributed by atoms with Gasteiger partial charge in [-0.25, -0.2) is 0 Å². The van der Waals surface area contributed by atoms with E-state index in [4.69, 9.17) is 0 Å². The van der Waals surface area contributed by atoms with Gasteiger partial charge in [0.1, 0.15) is 0 Å². The van der Waals surface area contributed by atoms with Gasteiger partial charge in [-0.05, 0) is 36.8 Å². The highest BCUT2D eigenvalue weighted by molar-refractivity contribution is 5.96. The number of carbonyl (C=O) groups is 1. The Morgan fingerprint density at radius 2 is 2.10 bits per heavy atom. The molecule has 1 aromatic rings. The van der Waals surface area contributed by atoms with Gasteiger partial charge in [0.05, 0.1) is 12.6 Å². The zero-order valence-corrected chi connectivity index (χ0v) is 12.2. The highest BCUT2D eigenvalue weighted by Crippen LogP contribution is 2.38. The summed E-state index contributed by atoms with van der Waals surface area (Å²) in [6.45, 7) is 3.16. The summed E-state index contributed by atoms with van der Waals surface area (Å²) in [5.74, 6) is 1.19. The molecule has 4 rings (SSSR count). The molecule has 2 aliphatic heterocycles. The molecule has 3 aliphatic rings. The molecule has 1 N–H and O–H groups in total. The summed E-state index contributed by atoms with van der Waals surface area (Å²) in [5, 5.41) is 9.97. The number of hydrogen-bond acceptors (Lipinski definition) is 3. The first-order chi connectivity index (χ1) is 10.2. The second-order valence-corrected chi connectivity index (χ2v) is 6.69. The minimum absolute atomic E-state index is 0.150. The Bertz CT molecular complexity index is 559. The van der Waals surface area contributed by atoms with E-state index in [2.05, 4.69) is 11.0 Å². The number of para-hydroxylation sites is 1. The lowest BCUT2D eigenvalue weighted by Crippen LogP contribution is -2.39. The van der Waals surface area contributed by atoms with Gasteiger partial charge in [-0.2, -0.15) is 0 Å². The molecule has 21 heavy (non-hydrogen) atoms. The molecule has 4 heteroatoms. The molecule has 0 aromatic heterocycles. The molecule has 0 bridgehead atoms. The first-order valence-corrected chi connectivity index (χ1v) is 8.01. The van der Waals surface area contributed by atoms with Gasteiger partial charge in [0, 0.05) is 31.2 Å². The zero-order chi connectivity index (χ0) is 14.4. The van der Waals surface area contributed by atoms with Crippen LogP contribution in [0.4, 0.5) is 5.69 Å². The van der Waals surface area contributed by atoms with Gasteiger partial charge in [0.25, 0.3) is 0 Å². The number of fused-ring (bicyclic) bond motifs is 2. The van der Waals surface area contributed by atoms with Crippen molar-refractivity contribution < 1.29 is 9.90 Å². The Labute approximate surface area is 125 Å². The SMILES string of the molecule is O=C(CN1CC2CCC(O)C2C1)N1CCc2ccccc21. The maximum absolute atomic E-state index is 12.6. The maximum atomic E-state index is 12.6. The van der Waals surface area contributed by atoms with Crippen LogP contribution < -0.4 is 4.90 Å². The second kappa shape index (κ2) is 5.11. The highest BCUT2D eigenvalue weighted by Gasteiger charge is 2.42. The minimum atomic E-state index is -0.150. The van der Waals surface area contributed by atoms with Crippen LogP contribution >= 0.6 is 0 Å². The number of rotatable bonds is 2. The predicted molar refractivity (Wildman–Crippen MR) is 81.2 cm³/mol. The van der Waals surface area contributed by atoms with Crippen molar-refractivity contribution in [3.05, 3.63) is 29.8 Å². The maximum Gasteiger partial charge on any atom is 0.241 e. The largest absolute Gasteiger partial charge is 0.393 e. The summed E-state index contributed by atoms with van der Waals surface area (Å²) in [6.07, 6.45) is 2.87. The van der Waals surface area contributed by atoms with Crippen molar-refractivity contribution >= 4 is 11.6 Å². The Morgan fingerprint density at radius 3 is 2.95 bits per heavy atom. The van der Waals surface area contributed by atoms with Gasteiger partial charge < -0.3 is 10.0 Å². The molecule has 3 unspecified atom stereocenters. The standard InChI is InChI=1S/C17H22N2O2/c20-16-6-5-13-9-18(10-14(13)16)11-17(21)19-8-7-12-3-1-2-4-15(12)19/h1-4,13-14,16,20H,5-11H2. The highest BCUT2D eigenvalue weighted by atomic mass is 16.3. The van der Waals surface area contributed by atoms with Crippen LogP contribution in [0.5, 0.6) is 0 Å². The number of likely N-dealkylation sites (tertiary alicyclic amines) is 1. The van der Waals surface area contributed by atoms with Gasteiger partial charge in [0.2, 0.25) is 5.91 Å². The smallest absolute Gasteiger partial charge is 0.241 e. The topological polar surface area (TPSA) is 43.8 Å². The van der Waals surface area contributed by atoms with Crippen LogP contribution in [0.15, 0.2) is 24.3 Å². The number of benzene rings is 1. The quantitative estimate of drug-likeness (QED) is 0.890. The van der Waals surface area contributed by atoms with E-state index in [1.54, 1.807) is 0 Å². The Morgan fingerprint density at radius 1 is 1.24 bits per heavy atom. The van der Waals surface area contributed by atoms with Crippen molar-refractivity contribution in [2.75, 3.05) is 31.1 Å². The fourth-order valence-electron chi connectivity index (χ4n) is 4.33. The van der Waals surface area contributed by atoms with Crippen LogP contribution in [0.2, 0.25) is 0 Å². The molecule has 1 saturated heterocycles. The molecule has 2 heterocycles. The number of carbonyl (C=O) groups excluding carboxylic acids is 1. The van der Waals surface area contributed by atoms with Crippen molar-refractivity contribution in [1.29, 1.82) is 0 Å². The van der Waals surface area contributed by atoms with E-state index in [-0.39, 0.29) is 12.0 Å². The van der Waals surface area contributed by atoms with Gasteiger partial charge in [-0.15, -0.1) is 0 Å². The zero-order valence-electron chi connectivity index (χ0n) is 12.2. The van der Waals surface area contributed by atoms with Crippen LogP contribution in [0, 0.1) is 11.8 Å². The summed E-state index contributed by atoms with van der Waals surface area (Å²) in [5.41, 5.74) is 2.36. The van der Waals surface area contributed by atoms with Gasteiger partial charge >= 0.3 is 0 Å². The minimum Gasteiger partial charge on any atom is -0.393 e. The van der Waals surface area contributed by atoms with Crippen molar-refractivity contribution in [3.63, 3.8) is 0 Å². The van der Waals surface area contributed by atoms with Crippen LogP contribution in [-0.4, -0.2) is 48.2 Å². The fourth-order valence-corrected chi connectivity index (χ4v) is 4.33. The van der Waals surface area contributed by atoms with Crippen LogP contribution in [0.25, 0.3) is 0 Å². The van der Waals surface area contributed by atoms with E-state index in [0.717, 1.165) is 44.6 Å². The van der Waals surface area contributed by atoms with Crippen LogP contribution in [0.1, 0.15) is 18.4 Å². The van der Waals surface area contributed by atoms with E-state index in [0.29, 0.717) is 18.4 Å². The van der Waals surface area contributed by atoms with E-state index < -0.39 is 0 Å². The first kappa shape index (κ1) is 13.3. The summed E-state index contributed by atoms with van der Waals surface area (Å²) >= 11 is 0. The third-order valence-corrected chi connectivity index (χ3v) is 5.44. The Hall–Kier alpha value is -1.39. The average molecular weight is 286 g/mol. The van der Waals surface area contributed by atoms with E-state index in [1.165, 1.54) is 5.56 Å².